The van der Waals surface area contributed by atoms with Crippen molar-refractivity contribution in [3.63, 3.8) is 0 Å². The van der Waals surface area contributed by atoms with Crippen molar-refractivity contribution in [3.05, 3.63) is 29.8 Å². The lowest BCUT2D eigenvalue weighted by atomic mass is 9.99. The molecule has 6 heteroatoms. The zero-order chi connectivity index (χ0) is 14.0. The summed E-state index contributed by atoms with van der Waals surface area (Å²) >= 11 is 0. The lowest BCUT2D eigenvalue weighted by Crippen LogP contribution is -2.44. The number of nitrogens with zero attached hydrogens (tertiary/aromatic N) is 1. The Morgan fingerprint density at radius 3 is 2.79 bits per heavy atom. The van der Waals surface area contributed by atoms with E-state index in [-0.39, 0.29) is 17.4 Å². The SMILES string of the molecule is Cc1cccc(S(=O)(=O)N2CCCC(C(N)=O)C2)c1. The molecule has 0 radical (unpaired) electrons. The Labute approximate surface area is 113 Å². The Hall–Kier alpha value is -1.40. The van der Waals surface area contributed by atoms with E-state index >= 15 is 0 Å². The van der Waals surface area contributed by atoms with Gasteiger partial charge in [-0.2, -0.15) is 4.31 Å². The minimum atomic E-state index is -3.53. The second kappa shape index (κ2) is 5.30. The smallest absolute Gasteiger partial charge is 0.243 e. The van der Waals surface area contributed by atoms with E-state index in [2.05, 4.69) is 0 Å². The predicted molar refractivity (Wildman–Crippen MR) is 71.9 cm³/mol. The normalized spacial score (nSPS) is 21.2. The number of sulfonamides is 1. The summed E-state index contributed by atoms with van der Waals surface area (Å²) in [5.74, 6) is -0.808. The number of carbonyl (C=O) groups is 1. The molecule has 0 saturated carbocycles. The minimum Gasteiger partial charge on any atom is -0.369 e. The molecule has 1 atom stereocenters. The summed E-state index contributed by atoms with van der Waals surface area (Å²) in [5.41, 5.74) is 6.17. The summed E-state index contributed by atoms with van der Waals surface area (Å²) < 4.78 is 26.3. The first kappa shape index (κ1) is 14.0. The van der Waals surface area contributed by atoms with Crippen molar-refractivity contribution < 1.29 is 13.2 Å². The van der Waals surface area contributed by atoms with Gasteiger partial charge >= 0.3 is 0 Å². The van der Waals surface area contributed by atoms with Crippen LogP contribution >= 0.6 is 0 Å². The number of primary amides is 1. The standard InChI is InChI=1S/C13H18N2O3S/c1-10-4-2-6-12(8-10)19(17,18)15-7-3-5-11(9-15)13(14)16/h2,4,6,8,11H,3,5,7,9H2,1H3,(H2,14,16). The van der Waals surface area contributed by atoms with Gasteiger partial charge in [-0.15, -0.1) is 0 Å². The van der Waals surface area contributed by atoms with Gasteiger partial charge in [0.1, 0.15) is 0 Å². The molecule has 1 aliphatic heterocycles. The van der Waals surface area contributed by atoms with E-state index in [0.717, 1.165) is 5.56 Å². The van der Waals surface area contributed by atoms with E-state index in [9.17, 15) is 13.2 Å². The van der Waals surface area contributed by atoms with Crippen molar-refractivity contribution in [3.8, 4) is 0 Å². The monoisotopic (exact) mass is 282 g/mol. The van der Waals surface area contributed by atoms with Crippen LogP contribution in [-0.4, -0.2) is 31.7 Å². The topological polar surface area (TPSA) is 80.5 Å². The van der Waals surface area contributed by atoms with E-state index in [4.69, 9.17) is 5.73 Å². The van der Waals surface area contributed by atoms with Crippen LogP contribution in [0.5, 0.6) is 0 Å². The maximum atomic E-state index is 12.5. The molecular formula is C13H18N2O3S. The van der Waals surface area contributed by atoms with E-state index in [1.165, 1.54) is 4.31 Å². The molecule has 1 aromatic rings. The minimum absolute atomic E-state index is 0.186. The molecule has 1 aliphatic rings. The predicted octanol–water partition coefficient (Wildman–Crippen LogP) is 0.881. The molecule has 0 spiro atoms. The van der Waals surface area contributed by atoms with Gasteiger partial charge in [-0.3, -0.25) is 4.79 Å². The van der Waals surface area contributed by atoms with Crippen molar-refractivity contribution in [2.24, 2.45) is 11.7 Å². The van der Waals surface area contributed by atoms with Gasteiger partial charge in [-0.1, -0.05) is 12.1 Å². The highest BCUT2D eigenvalue weighted by Gasteiger charge is 2.32. The number of amides is 1. The summed E-state index contributed by atoms with van der Waals surface area (Å²) in [6.45, 7) is 2.48. The molecule has 2 N–H and O–H groups in total. The number of carbonyl (C=O) groups excluding carboxylic acids is 1. The number of nitrogens with two attached hydrogens (primary N) is 1. The fourth-order valence-corrected chi connectivity index (χ4v) is 3.95. The Balaban J connectivity index is 2.27. The molecule has 1 aromatic carbocycles. The van der Waals surface area contributed by atoms with Crippen LogP contribution in [0.1, 0.15) is 18.4 Å². The molecule has 19 heavy (non-hydrogen) atoms. The summed E-state index contributed by atoms with van der Waals surface area (Å²) in [6, 6.07) is 6.79. The molecule has 0 aliphatic carbocycles. The van der Waals surface area contributed by atoms with Gasteiger partial charge in [0, 0.05) is 13.1 Å². The fourth-order valence-electron chi connectivity index (χ4n) is 2.32. The zero-order valence-corrected chi connectivity index (χ0v) is 11.7. The molecule has 1 fully saturated rings. The number of piperidine rings is 1. The number of hydrogen-bond donors (Lipinski definition) is 1. The Morgan fingerprint density at radius 1 is 1.42 bits per heavy atom. The largest absolute Gasteiger partial charge is 0.369 e. The highest BCUT2D eigenvalue weighted by molar-refractivity contribution is 7.89. The van der Waals surface area contributed by atoms with Crippen molar-refractivity contribution in [2.45, 2.75) is 24.7 Å². The van der Waals surface area contributed by atoms with Crippen LogP contribution in [0.25, 0.3) is 0 Å². The van der Waals surface area contributed by atoms with E-state index in [1.807, 2.05) is 13.0 Å². The van der Waals surface area contributed by atoms with Crippen LogP contribution in [0.4, 0.5) is 0 Å². The van der Waals surface area contributed by atoms with Gasteiger partial charge in [-0.25, -0.2) is 8.42 Å². The Morgan fingerprint density at radius 2 is 2.16 bits per heavy atom. The van der Waals surface area contributed by atoms with E-state index in [0.29, 0.717) is 19.4 Å². The molecule has 2 rings (SSSR count). The molecule has 1 amide bonds. The van der Waals surface area contributed by atoms with Gasteiger partial charge < -0.3 is 5.73 Å². The van der Waals surface area contributed by atoms with E-state index < -0.39 is 15.9 Å². The van der Waals surface area contributed by atoms with Gasteiger partial charge in [0.15, 0.2) is 0 Å². The second-order valence-corrected chi connectivity index (χ2v) is 6.86. The van der Waals surface area contributed by atoms with Crippen LogP contribution in [-0.2, 0) is 14.8 Å². The summed E-state index contributed by atoms with van der Waals surface area (Å²) in [6.07, 6.45) is 1.33. The van der Waals surface area contributed by atoms with Crippen LogP contribution in [0.3, 0.4) is 0 Å². The molecule has 1 heterocycles. The van der Waals surface area contributed by atoms with Gasteiger partial charge in [-0.05, 0) is 37.5 Å². The maximum absolute atomic E-state index is 12.5. The third-order valence-electron chi connectivity index (χ3n) is 3.41. The Kier molecular flexibility index (Phi) is 3.91. The van der Waals surface area contributed by atoms with Gasteiger partial charge in [0.2, 0.25) is 15.9 Å². The van der Waals surface area contributed by atoms with E-state index in [1.54, 1.807) is 18.2 Å². The number of hydrogen-bond acceptors (Lipinski definition) is 3. The number of aryl methyl sites for hydroxylation is 1. The zero-order valence-electron chi connectivity index (χ0n) is 10.9. The first-order chi connectivity index (χ1) is 8.91. The van der Waals surface area contributed by atoms with Gasteiger partial charge in [0.05, 0.1) is 10.8 Å². The lowest BCUT2D eigenvalue weighted by Gasteiger charge is -2.30. The van der Waals surface area contributed by atoms with Crippen LogP contribution < -0.4 is 5.73 Å². The van der Waals surface area contributed by atoms with Crippen LogP contribution in [0.2, 0.25) is 0 Å². The summed E-state index contributed by atoms with van der Waals surface area (Å²) in [5, 5.41) is 0. The van der Waals surface area contributed by atoms with Crippen molar-refractivity contribution in [1.82, 2.24) is 4.31 Å². The third-order valence-corrected chi connectivity index (χ3v) is 5.27. The highest BCUT2D eigenvalue weighted by atomic mass is 32.2. The molecule has 104 valence electrons. The second-order valence-electron chi connectivity index (χ2n) is 4.92. The average molecular weight is 282 g/mol. The third kappa shape index (κ3) is 2.96. The maximum Gasteiger partial charge on any atom is 0.243 e. The molecule has 5 nitrogen and oxygen atoms in total. The van der Waals surface area contributed by atoms with Crippen LogP contribution in [0, 0.1) is 12.8 Å². The Bertz CT molecular complexity index is 583. The van der Waals surface area contributed by atoms with Crippen LogP contribution in [0.15, 0.2) is 29.2 Å². The van der Waals surface area contributed by atoms with Gasteiger partial charge in [0.25, 0.3) is 0 Å². The first-order valence-corrected chi connectivity index (χ1v) is 7.71. The highest BCUT2D eigenvalue weighted by Crippen LogP contribution is 2.23. The molecule has 0 bridgehead atoms. The molecule has 0 aromatic heterocycles. The van der Waals surface area contributed by atoms with Crippen molar-refractivity contribution >= 4 is 15.9 Å². The molecular weight excluding hydrogens is 264 g/mol. The summed E-state index contributed by atoms with van der Waals surface area (Å²) in [4.78, 5) is 11.5. The summed E-state index contributed by atoms with van der Waals surface area (Å²) in [7, 11) is -3.53. The number of benzene rings is 1. The van der Waals surface area contributed by atoms with Crippen molar-refractivity contribution in [1.29, 1.82) is 0 Å². The quantitative estimate of drug-likeness (QED) is 0.893. The molecule has 1 unspecified atom stereocenters. The number of rotatable bonds is 3. The van der Waals surface area contributed by atoms with Crippen molar-refractivity contribution in [2.75, 3.05) is 13.1 Å². The lowest BCUT2D eigenvalue weighted by molar-refractivity contribution is -0.122. The average Bonchev–Trinajstić information content (AvgIpc) is 2.39. The fraction of sp³-hybridized carbons (Fsp3) is 0.462. The molecule has 1 saturated heterocycles. The first-order valence-electron chi connectivity index (χ1n) is 6.27.